The molecule has 1 aromatic heterocycles. The highest BCUT2D eigenvalue weighted by Gasteiger charge is 2.76. The Morgan fingerprint density at radius 3 is 2.26 bits per heavy atom. The summed E-state index contributed by atoms with van der Waals surface area (Å²) in [6.07, 6.45) is -0.724. The second kappa shape index (κ2) is 7.23. The van der Waals surface area contributed by atoms with Gasteiger partial charge in [0.15, 0.2) is 5.69 Å². The Hall–Kier alpha value is -3.14. The average Bonchev–Trinajstić information content (AvgIpc) is 3.16. The summed E-state index contributed by atoms with van der Waals surface area (Å²) in [5.74, 6) is -4.04. The molecule has 0 radical (unpaired) electrons. The molecule has 0 bridgehead atoms. The molecule has 0 saturated heterocycles. The first-order chi connectivity index (χ1) is 14.5. The molecule has 162 valence electrons. The number of halogens is 5. The van der Waals surface area contributed by atoms with Crippen LogP contribution in [0.25, 0.3) is 11.3 Å². The fourth-order valence-corrected chi connectivity index (χ4v) is 3.75. The largest absolute Gasteiger partial charge is 0.325 e. The predicted molar refractivity (Wildman–Crippen MR) is 105 cm³/mol. The summed E-state index contributed by atoms with van der Waals surface area (Å²) in [7, 11) is 0. The maximum atomic E-state index is 14.3. The fraction of sp³-hybridized carbons (Fsp3) is 0.250. The number of urea groups is 1. The highest BCUT2D eigenvalue weighted by Crippen LogP contribution is 2.65. The maximum absolute atomic E-state index is 14.3. The Morgan fingerprint density at radius 2 is 1.68 bits per heavy atom. The first-order valence-electron chi connectivity index (χ1n) is 9.06. The molecular weight excluding hydrogens is 440 g/mol. The van der Waals surface area contributed by atoms with Crippen LogP contribution in [0.4, 0.5) is 33.9 Å². The number of hydrogen-bond acceptors (Lipinski definition) is 4. The zero-order chi connectivity index (χ0) is 22.4. The summed E-state index contributed by atoms with van der Waals surface area (Å²) in [6, 6.07) is 10.4. The lowest BCUT2D eigenvalue weighted by molar-refractivity contribution is -0.217. The predicted octanol–water partition coefficient (Wildman–Crippen LogP) is 5.72. The van der Waals surface area contributed by atoms with Crippen molar-refractivity contribution in [2.75, 3.05) is 10.6 Å². The zero-order valence-corrected chi connectivity index (χ0v) is 16.7. The summed E-state index contributed by atoms with van der Waals surface area (Å²) in [6.45, 7) is 1.32. The van der Waals surface area contributed by atoms with Gasteiger partial charge in [-0.3, -0.25) is 5.32 Å². The van der Waals surface area contributed by atoms with Gasteiger partial charge in [-0.05, 0) is 52.3 Å². The van der Waals surface area contributed by atoms with Crippen LogP contribution in [-0.2, 0) is 5.41 Å². The molecule has 1 aliphatic carbocycles. The van der Waals surface area contributed by atoms with Gasteiger partial charge < -0.3 is 5.32 Å². The number of amides is 2. The number of nitrogens with one attached hydrogen (secondary N) is 2. The van der Waals surface area contributed by atoms with Crippen molar-refractivity contribution in [2.24, 2.45) is 0 Å². The van der Waals surface area contributed by atoms with Crippen molar-refractivity contribution < 1.29 is 27.0 Å². The van der Waals surface area contributed by atoms with Gasteiger partial charge in [-0.25, -0.2) is 27.0 Å². The molecule has 11 heteroatoms. The normalized spacial score (nSPS) is 24.3. The number of benzene rings is 2. The molecule has 3 aromatic rings. The first-order valence-corrected chi connectivity index (χ1v) is 9.44. The van der Waals surface area contributed by atoms with E-state index in [0.717, 1.165) is 0 Å². The van der Waals surface area contributed by atoms with Gasteiger partial charge in [0.25, 0.3) is 11.1 Å². The molecule has 31 heavy (non-hydrogen) atoms. The summed E-state index contributed by atoms with van der Waals surface area (Å²) in [5.41, 5.74) is -0.291. The molecule has 1 fully saturated rings. The molecule has 1 saturated carbocycles. The van der Waals surface area contributed by atoms with Crippen LogP contribution in [-0.4, -0.2) is 27.4 Å². The topological polar surface area (TPSA) is 80.0 Å². The van der Waals surface area contributed by atoms with Gasteiger partial charge in [0.05, 0.1) is 5.41 Å². The van der Waals surface area contributed by atoms with Crippen molar-refractivity contribution in [3.63, 3.8) is 0 Å². The lowest BCUT2D eigenvalue weighted by atomic mass is 9.61. The monoisotopic (exact) mass is 454 g/mol. The lowest BCUT2D eigenvalue weighted by Crippen LogP contribution is -2.67. The van der Waals surface area contributed by atoms with Gasteiger partial charge in [0, 0.05) is 17.7 Å². The molecule has 0 spiro atoms. The van der Waals surface area contributed by atoms with Gasteiger partial charge in [0.1, 0.15) is 5.82 Å². The molecule has 2 aromatic carbocycles. The second-order valence-corrected chi connectivity index (χ2v) is 7.93. The SMILES string of the molecule is CC1(c2ccc(NC(=O)Nc3nonc3-c3ccc(F)cc3)cc2)CC(F)(F)C1(F)Cl. The summed E-state index contributed by atoms with van der Waals surface area (Å²) >= 11 is 5.48. The number of carbonyl (C=O) groups excluding carboxylic acids is 1. The molecule has 1 heterocycles. The van der Waals surface area contributed by atoms with E-state index in [1.807, 2.05) is 0 Å². The molecule has 2 amide bonds. The minimum atomic E-state index is -3.62. The molecule has 2 N–H and O–H groups in total. The molecule has 2 atom stereocenters. The summed E-state index contributed by atoms with van der Waals surface area (Å²) in [4.78, 5) is 12.3. The number of nitrogens with zero attached hydrogens (tertiary/aromatic N) is 2. The quantitative estimate of drug-likeness (QED) is 0.390. The average molecular weight is 455 g/mol. The van der Waals surface area contributed by atoms with E-state index in [4.69, 9.17) is 11.6 Å². The van der Waals surface area contributed by atoms with Crippen molar-refractivity contribution >= 4 is 29.1 Å². The van der Waals surface area contributed by atoms with Crippen molar-refractivity contribution in [1.29, 1.82) is 0 Å². The zero-order valence-electron chi connectivity index (χ0n) is 15.9. The van der Waals surface area contributed by atoms with Crippen LogP contribution in [0, 0.1) is 5.82 Å². The van der Waals surface area contributed by atoms with E-state index in [0.29, 0.717) is 11.3 Å². The number of hydrogen-bond donors (Lipinski definition) is 2. The Kier molecular flexibility index (Phi) is 4.92. The number of carbonyl (C=O) groups is 1. The van der Waals surface area contributed by atoms with Gasteiger partial charge >= 0.3 is 6.03 Å². The third kappa shape index (κ3) is 3.50. The van der Waals surface area contributed by atoms with Crippen LogP contribution in [0.3, 0.4) is 0 Å². The van der Waals surface area contributed by atoms with E-state index in [1.54, 1.807) is 0 Å². The van der Waals surface area contributed by atoms with E-state index in [2.05, 4.69) is 25.6 Å². The van der Waals surface area contributed by atoms with Crippen molar-refractivity contribution in [1.82, 2.24) is 10.3 Å². The molecule has 1 aliphatic rings. The van der Waals surface area contributed by atoms with Crippen LogP contribution in [0.2, 0.25) is 0 Å². The minimum Gasteiger partial charge on any atom is -0.308 e. The van der Waals surface area contributed by atoms with E-state index in [9.17, 15) is 22.4 Å². The van der Waals surface area contributed by atoms with E-state index >= 15 is 0 Å². The summed E-state index contributed by atoms with van der Waals surface area (Å²) < 4.78 is 59.1. The van der Waals surface area contributed by atoms with Crippen molar-refractivity contribution in [3.8, 4) is 11.3 Å². The van der Waals surface area contributed by atoms with Crippen LogP contribution in [0.5, 0.6) is 0 Å². The summed E-state index contributed by atoms with van der Waals surface area (Å²) in [5, 5.41) is 9.09. The van der Waals surface area contributed by atoms with Crippen LogP contribution in [0.15, 0.2) is 53.2 Å². The van der Waals surface area contributed by atoms with Gasteiger partial charge in [0.2, 0.25) is 5.82 Å². The number of anilines is 2. The van der Waals surface area contributed by atoms with Crippen molar-refractivity contribution in [3.05, 3.63) is 59.9 Å². The fourth-order valence-electron chi connectivity index (χ4n) is 3.51. The molecule has 2 unspecified atom stereocenters. The van der Waals surface area contributed by atoms with E-state index in [-0.39, 0.29) is 17.1 Å². The van der Waals surface area contributed by atoms with Crippen molar-refractivity contribution in [2.45, 2.75) is 29.8 Å². The molecule has 0 aliphatic heterocycles. The van der Waals surface area contributed by atoms with E-state index in [1.165, 1.54) is 55.5 Å². The first kappa shape index (κ1) is 21.1. The third-order valence-electron chi connectivity index (χ3n) is 5.35. The van der Waals surface area contributed by atoms with E-state index < -0.39 is 34.7 Å². The highest BCUT2D eigenvalue weighted by atomic mass is 35.5. The number of rotatable bonds is 4. The van der Waals surface area contributed by atoms with Gasteiger partial charge in [-0.1, -0.05) is 30.7 Å². The number of aromatic nitrogens is 2. The Bertz CT molecular complexity index is 1120. The maximum Gasteiger partial charge on any atom is 0.325 e. The molecule has 4 rings (SSSR count). The third-order valence-corrected chi connectivity index (χ3v) is 6.04. The molecule has 6 nitrogen and oxygen atoms in total. The Morgan fingerprint density at radius 1 is 1.03 bits per heavy atom. The Balaban J connectivity index is 1.44. The Labute approximate surface area is 178 Å². The lowest BCUT2D eigenvalue weighted by Gasteiger charge is -2.54. The minimum absolute atomic E-state index is 0.00860. The van der Waals surface area contributed by atoms with Gasteiger partial charge in [-0.2, -0.15) is 0 Å². The standard InChI is InChI=1S/C20H15ClF4N4O2/c1-18(10-19(23,24)20(18,21)25)12-4-8-14(9-5-12)26-17(30)27-16-15(28-31-29-16)11-2-6-13(22)7-3-11/h2-9H,10H2,1H3,(H2,26,27,29,30). The second-order valence-electron chi connectivity index (χ2n) is 7.41. The van der Waals surface area contributed by atoms with Crippen LogP contribution in [0.1, 0.15) is 18.9 Å². The van der Waals surface area contributed by atoms with Gasteiger partial charge in [-0.15, -0.1) is 0 Å². The number of alkyl halides is 4. The van der Waals surface area contributed by atoms with Crippen LogP contribution >= 0.6 is 11.6 Å². The smallest absolute Gasteiger partial charge is 0.308 e. The highest BCUT2D eigenvalue weighted by molar-refractivity contribution is 6.25. The van der Waals surface area contributed by atoms with Crippen LogP contribution < -0.4 is 10.6 Å². The molecular formula is C20H15ClF4N4O2.